The molecule has 1 heterocycles. The van der Waals surface area contributed by atoms with Crippen molar-refractivity contribution in [1.29, 1.82) is 0 Å². The molecule has 5 nitrogen and oxygen atoms in total. The van der Waals surface area contributed by atoms with E-state index in [2.05, 4.69) is 0 Å². The lowest BCUT2D eigenvalue weighted by Crippen LogP contribution is -2.48. The van der Waals surface area contributed by atoms with Crippen LogP contribution in [0.25, 0.3) is 6.08 Å². The molecule has 7 heteroatoms. The third-order valence-electron chi connectivity index (χ3n) is 3.02. The second-order valence-corrected chi connectivity index (χ2v) is 6.23. The first-order valence-electron chi connectivity index (χ1n) is 6.64. The van der Waals surface area contributed by atoms with Crippen LogP contribution < -0.4 is 9.84 Å². The van der Waals surface area contributed by atoms with E-state index in [1.165, 1.54) is 6.92 Å². The largest absolute Gasteiger partial charge is 0.548 e. The zero-order valence-corrected chi connectivity index (χ0v) is 13.7. The second-order valence-electron chi connectivity index (χ2n) is 4.55. The number of carboxylic acid groups (broad SMARTS) is 1. The monoisotopic (exact) mass is 336 g/mol. The predicted octanol–water partition coefficient (Wildman–Crippen LogP) is 1.42. The molecule has 1 amide bonds. The summed E-state index contributed by atoms with van der Waals surface area (Å²) < 4.78 is 5.62. The van der Waals surface area contributed by atoms with E-state index in [4.69, 9.17) is 17.0 Å². The van der Waals surface area contributed by atoms with Crippen molar-refractivity contribution in [2.45, 2.75) is 19.9 Å². The molecule has 0 spiro atoms. The minimum Gasteiger partial charge on any atom is -0.548 e. The van der Waals surface area contributed by atoms with Crippen LogP contribution in [0.1, 0.15) is 19.4 Å². The Bertz CT molecular complexity index is 657. The summed E-state index contributed by atoms with van der Waals surface area (Å²) in [6.45, 7) is 3.81. The number of carbonyl (C=O) groups excluding carboxylic acids is 2. The lowest BCUT2D eigenvalue weighted by Gasteiger charge is -2.23. The molecule has 0 aromatic heterocycles. The maximum absolute atomic E-state index is 12.3. The Balaban J connectivity index is 2.26. The number of carboxylic acids is 1. The van der Waals surface area contributed by atoms with Gasteiger partial charge in [-0.15, -0.1) is 0 Å². The highest BCUT2D eigenvalue weighted by Crippen LogP contribution is 2.34. The van der Waals surface area contributed by atoms with Gasteiger partial charge in [0.1, 0.15) is 10.1 Å². The molecule has 0 N–H and O–H groups in total. The molecule has 1 aromatic carbocycles. The Kier molecular flexibility index (Phi) is 5.20. The van der Waals surface area contributed by atoms with Crippen molar-refractivity contribution in [1.82, 2.24) is 4.90 Å². The number of nitrogens with zero attached hydrogens (tertiary/aromatic N) is 1. The highest BCUT2D eigenvalue weighted by molar-refractivity contribution is 8.26. The summed E-state index contributed by atoms with van der Waals surface area (Å²) >= 11 is 6.16. The Morgan fingerprint density at radius 1 is 1.55 bits per heavy atom. The first-order valence-corrected chi connectivity index (χ1v) is 7.87. The molecular weight excluding hydrogens is 322 g/mol. The van der Waals surface area contributed by atoms with Gasteiger partial charge in [0.25, 0.3) is 5.91 Å². The number of hydrogen-bond acceptors (Lipinski definition) is 6. The molecular formula is C15H14NO4S2-. The fourth-order valence-electron chi connectivity index (χ4n) is 1.93. The van der Waals surface area contributed by atoms with Crippen molar-refractivity contribution in [2.75, 3.05) is 6.61 Å². The van der Waals surface area contributed by atoms with Crippen LogP contribution >= 0.6 is 24.0 Å². The number of aliphatic carboxylic acids is 1. The van der Waals surface area contributed by atoms with Crippen LogP contribution in [-0.2, 0) is 9.59 Å². The summed E-state index contributed by atoms with van der Waals surface area (Å²) in [5.41, 5.74) is 0.785. The van der Waals surface area contributed by atoms with Crippen LogP contribution in [-0.4, -0.2) is 33.7 Å². The third-order valence-corrected chi connectivity index (χ3v) is 4.35. The van der Waals surface area contributed by atoms with Gasteiger partial charge in [-0.05, 0) is 37.6 Å². The van der Waals surface area contributed by atoms with E-state index in [1.54, 1.807) is 12.1 Å². The summed E-state index contributed by atoms with van der Waals surface area (Å²) in [5, 5.41) is 10.9. The molecule has 1 atom stereocenters. The van der Waals surface area contributed by atoms with Gasteiger partial charge in [0.2, 0.25) is 0 Å². The van der Waals surface area contributed by atoms with Crippen molar-refractivity contribution in [3.05, 3.63) is 34.7 Å². The number of thiocarbonyl (C=S) groups is 1. The fraction of sp³-hybridized carbons (Fsp3) is 0.267. The average molecular weight is 336 g/mol. The fourth-order valence-corrected chi connectivity index (χ4v) is 3.35. The Labute approximate surface area is 137 Å². The minimum absolute atomic E-state index is 0.217. The van der Waals surface area contributed by atoms with E-state index < -0.39 is 17.9 Å². The molecule has 1 fully saturated rings. The maximum Gasteiger partial charge on any atom is 0.266 e. The summed E-state index contributed by atoms with van der Waals surface area (Å²) in [7, 11) is 0. The smallest absolute Gasteiger partial charge is 0.266 e. The van der Waals surface area contributed by atoms with Gasteiger partial charge in [-0.2, -0.15) is 0 Å². The van der Waals surface area contributed by atoms with E-state index in [-0.39, 0.29) is 4.32 Å². The molecule has 1 aromatic rings. The van der Waals surface area contributed by atoms with Crippen molar-refractivity contribution in [3.8, 4) is 5.75 Å². The van der Waals surface area contributed by atoms with Crippen LogP contribution in [0.4, 0.5) is 0 Å². The Morgan fingerprint density at radius 3 is 2.91 bits per heavy atom. The lowest BCUT2D eigenvalue weighted by atomic mass is 10.2. The highest BCUT2D eigenvalue weighted by Gasteiger charge is 2.35. The van der Waals surface area contributed by atoms with Gasteiger partial charge in [0.05, 0.1) is 23.5 Å². The third kappa shape index (κ3) is 3.48. The first kappa shape index (κ1) is 16.5. The number of carbonyl (C=O) groups is 2. The number of rotatable bonds is 5. The average Bonchev–Trinajstić information content (AvgIpc) is 2.73. The van der Waals surface area contributed by atoms with Crippen molar-refractivity contribution < 1.29 is 19.4 Å². The van der Waals surface area contributed by atoms with E-state index >= 15 is 0 Å². The summed E-state index contributed by atoms with van der Waals surface area (Å²) in [5.74, 6) is -1.06. The second kappa shape index (κ2) is 6.93. The number of hydrogen-bond donors (Lipinski definition) is 0. The molecule has 22 heavy (non-hydrogen) atoms. The summed E-state index contributed by atoms with van der Waals surface area (Å²) in [6.07, 6.45) is 1.67. The molecule has 1 aliphatic heterocycles. The molecule has 0 radical (unpaired) electrons. The highest BCUT2D eigenvalue weighted by atomic mass is 32.2. The Morgan fingerprint density at radius 2 is 2.27 bits per heavy atom. The van der Waals surface area contributed by atoms with Crippen LogP contribution in [0.5, 0.6) is 5.75 Å². The molecule has 0 unspecified atom stereocenters. The minimum atomic E-state index is -1.34. The van der Waals surface area contributed by atoms with Gasteiger partial charge in [0.15, 0.2) is 0 Å². The lowest BCUT2D eigenvalue weighted by molar-refractivity contribution is -0.309. The normalized spacial score (nSPS) is 17.9. The maximum atomic E-state index is 12.3. The summed E-state index contributed by atoms with van der Waals surface area (Å²) in [4.78, 5) is 24.7. The van der Waals surface area contributed by atoms with Gasteiger partial charge in [0, 0.05) is 0 Å². The number of amides is 1. The van der Waals surface area contributed by atoms with Crippen LogP contribution in [0.15, 0.2) is 29.2 Å². The Hall–Kier alpha value is -1.86. The standard InChI is InChI=1S/C15H15NO4S2/c1-3-20-11-6-4-5-10(7-11)8-12-13(17)16(15(21)22-12)9(2)14(18)19/h4-9H,3H2,1-2H3,(H,18,19)/p-1/b12-8+/t9-/m1/s1. The SMILES string of the molecule is CCOc1cccc(/C=C2/SC(=S)N([C@H](C)C(=O)[O-])C2=O)c1. The van der Waals surface area contributed by atoms with Gasteiger partial charge in [-0.3, -0.25) is 9.69 Å². The van der Waals surface area contributed by atoms with Crippen LogP contribution in [0, 0.1) is 0 Å². The zero-order valence-electron chi connectivity index (χ0n) is 12.1. The molecule has 116 valence electrons. The molecule has 1 aliphatic rings. The predicted molar refractivity (Wildman–Crippen MR) is 87.1 cm³/mol. The molecule has 1 saturated heterocycles. The molecule has 0 bridgehead atoms. The van der Waals surface area contributed by atoms with E-state index in [1.807, 2.05) is 25.1 Å². The van der Waals surface area contributed by atoms with Crippen LogP contribution in [0.3, 0.4) is 0 Å². The van der Waals surface area contributed by atoms with E-state index in [9.17, 15) is 14.7 Å². The van der Waals surface area contributed by atoms with Crippen molar-refractivity contribution in [2.24, 2.45) is 0 Å². The number of ether oxygens (including phenoxy) is 1. The van der Waals surface area contributed by atoms with Gasteiger partial charge in [-0.1, -0.05) is 36.1 Å². The van der Waals surface area contributed by atoms with E-state index in [0.717, 1.165) is 22.2 Å². The topological polar surface area (TPSA) is 69.7 Å². The number of benzene rings is 1. The molecule has 0 saturated carbocycles. The van der Waals surface area contributed by atoms with Gasteiger partial charge >= 0.3 is 0 Å². The number of thioether (sulfide) groups is 1. The molecule has 2 rings (SSSR count). The quantitative estimate of drug-likeness (QED) is 0.598. The summed E-state index contributed by atoms with van der Waals surface area (Å²) in [6, 6.07) is 6.19. The van der Waals surface area contributed by atoms with Gasteiger partial charge < -0.3 is 14.6 Å². The zero-order chi connectivity index (χ0) is 16.3. The van der Waals surface area contributed by atoms with Gasteiger partial charge in [-0.25, -0.2) is 0 Å². The van der Waals surface area contributed by atoms with E-state index in [0.29, 0.717) is 17.3 Å². The first-order chi connectivity index (χ1) is 10.4. The van der Waals surface area contributed by atoms with Crippen molar-refractivity contribution >= 4 is 46.3 Å². The molecule has 0 aliphatic carbocycles. The van der Waals surface area contributed by atoms with Crippen LogP contribution in [0.2, 0.25) is 0 Å². The van der Waals surface area contributed by atoms with Crippen molar-refractivity contribution in [3.63, 3.8) is 0 Å².